The van der Waals surface area contributed by atoms with Crippen LogP contribution in [0.1, 0.15) is 39.7 Å². The third-order valence-corrected chi connectivity index (χ3v) is 10.7. The van der Waals surface area contributed by atoms with E-state index in [2.05, 4.69) is 42.7 Å². The SMILES string of the molecule is CCN1CCC(n2cc(-c3cn(S(=O)(=O)c4ccccc4)c4ncc(-c5ccc(N6C[C@@H](C)O[C@H](C)C6)cc5)nc34)cn2)CC1. The van der Waals surface area contributed by atoms with Crippen LogP contribution in [-0.2, 0) is 14.8 Å². The minimum absolute atomic E-state index is 0.171. The zero-order chi connectivity index (χ0) is 31.1. The van der Waals surface area contributed by atoms with Gasteiger partial charge in [-0.3, -0.25) is 4.68 Å². The number of morpholine rings is 1. The second kappa shape index (κ2) is 12.0. The molecule has 2 atom stereocenters. The Hall–Kier alpha value is -4.06. The Morgan fingerprint density at radius 2 is 1.60 bits per heavy atom. The van der Waals surface area contributed by atoms with Crippen LogP contribution in [-0.4, -0.2) is 82.0 Å². The summed E-state index contributed by atoms with van der Waals surface area (Å²) >= 11 is 0. The molecule has 7 rings (SSSR count). The van der Waals surface area contributed by atoms with Gasteiger partial charge in [-0.05, 0) is 57.5 Å². The Labute approximate surface area is 264 Å². The molecule has 2 aliphatic heterocycles. The van der Waals surface area contributed by atoms with E-state index in [0.29, 0.717) is 22.8 Å². The second-order valence-corrected chi connectivity index (χ2v) is 14.0. The first-order chi connectivity index (χ1) is 21.8. The molecule has 45 heavy (non-hydrogen) atoms. The summed E-state index contributed by atoms with van der Waals surface area (Å²) in [6.07, 6.45) is 9.53. The molecular weight excluding hydrogens is 586 g/mol. The van der Waals surface area contributed by atoms with Crippen LogP contribution in [0.15, 0.2) is 84.3 Å². The van der Waals surface area contributed by atoms with Crippen LogP contribution in [0.2, 0.25) is 0 Å². The standard InChI is InChI=1S/C34H39N7O3S/c1-4-38-16-14-29(15-17-38)40-22-27(18-36-40)31-23-41(45(42,43)30-8-6-5-7-9-30)34-33(31)37-32(19-35-34)26-10-12-28(13-11-26)39-20-24(2)44-25(3)21-39/h5-13,18-19,22-25,29H,4,14-17,20-21H2,1-3H3/t24-,25-/m1/s1. The van der Waals surface area contributed by atoms with Gasteiger partial charge < -0.3 is 14.5 Å². The Morgan fingerprint density at radius 1 is 0.889 bits per heavy atom. The van der Waals surface area contributed by atoms with Crippen LogP contribution < -0.4 is 4.90 Å². The van der Waals surface area contributed by atoms with Crippen molar-refractivity contribution in [3.05, 3.63) is 79.4 Å². The van der Waals surface area contributed by atoms with Gasteiger partial charge in [0.1, 0.15) is 5.52 Å². The van der Waals surface area contributed by atoms with E-state index in [1.807, 2.05) is 29.2 Å². The average Bonchev–Trinajstić information content (AvgIpc) is 3.70. The monoisotopic (exact) mass is 625 g/mol. The number of ether oxygens (including phenoxy) is 1. The van der Waals surface area contributed by atoms with Gasteiger partial charge in [0.05, 0.1) is 41.2 Å². The molecule has 0 N–H and O–H groups in total. The van der Waals surface area contributed by atoms with Crippen molar-refractivity contribution in [3.63, 3.8) is 0 Å². The molecule has 10 nitrogen and oxygen atoms in total. The number of benzene rings is 2. The number of aromatic nitrogens is 5. The molecule has 2 saturated heterocycles. The maximum Gasteiger partial charge on any atom is 0.269 e. The van der Waals surface area contributed by atoms with Crippen LogP contribution in [0, 0.1) is 0 Å². The maximum absolute atomic E-state index is 13.8. The van der Waals surface area contributed by atoms with E-state index < -0.39 is 10.0 Å². The normalized spacial score (nSPS) is 20.2. The lowest BCUT2D eigenvalue weighted by Gasteiger charge is -2.36. The zero-order valence-corrected chi connectivity index (χ0v) is 26.8. The van der Waals surface area contributed by atoms with Crippen LogP contribution in [0.4, 0.5) is 5.69 Å². The fraction of sp³-hybridized carbons (Fsp3) is 0.382. The van der Waals surface area contributed by atoms with Crippen molar-refractivity contribution in [1.82, 2.24) is 28.6 Å². The van der Waals surface area contributed by atoms with Crippen molar-refractivity contribution in [2.45, 2.75) is 56.8 Å². The molecule has 2 aliphatic rings. The fourth-order valence-corrected chi connectivity index (χ4v) is 7.95. The number of hydrogen-bond donors (Lipinski definition) is 0. The highest BCUT2D eigenvalue weighted by Crippen LogP contribution is 2.34. The fourth-order valence-electron chi connectivity index (χ4n) is 6.61. The van der Waals surface area contributed by atoms with Crippen molar-refractivity contribution in [2.75, 3.05) is 37.6 Å². The molecule has 0 aliphatic carbocycles. The summed E-state index contributed by atoms with van der Waals surface area (Å²) in [5.74, 6) is 0. The highest BCUT2D eigenvalue weighted by Gasteiger charge is 2.27. The van der Waals surface area contributed by atoms with Crippen LogP contribution in [0.3, 0.4) is 0 Å². The topological polar surface area (TPSA) is 98.4 Å². The van der Waals surface area contributed by atoms with Gasteiger partial charge >= 0.3 is 0 Å². The van der Waals surface area contributed by atoms with E-state index in [1.165, 1.54) is 3.97 Å². The summed E-state index contributed by atoms with van der Waals surface area (Å²) in [6.45, 7) is 11.2. The number of hydrogen-bond acceptors (Lipinski definition) is 8. The molecule has 0 saturated carbocycles. The first-order valence-corrected chi connectivity index (χ1v) is 17.2. The van der Waals surface area contributed by atoms with Gasteiger partial charge in [0.2, 0.25) is 0 Å². The summed E-state index contributed by atoms with van der Waals surface area (Å²) in [5.41, 5.74) is 5.02. The smallest absolute Gasteiger partial charge is 0.269 e. The summed E-state index contributed by atoms with van der Waals surface area (Å²) in [7, 11) is -3.91. The Bertz CT molecular complexity index is 1890. The van der Waals surface area contributed by atoms with Gasteiger partial charge in [0.25, 0.3) is 10.0 Å². The first-order valence-electron chi connectivity index (χ1n) is 15.8. The predicted molar refractivity (Wildman–Crippen MR) is 176 cm³/mol. The first kappa shape index (κ1) is 29.6. The van der Waals surface area contributed by atoms with Crippen molar-refractivity contribution in [2.24, 2.45) is 0 Å². The average molecular weight is 626 g/mol. The van der Waals surface area contributed by atoms with Gasteiger partial charge in [-0.1, -0.05) is 37.3 Å². The summed E-state index contributed by atoms with van der Waals surface area (Å²) in [6, 6.07) is 17.1. The van der Waals surface area contributed by atoms with Gasteiger partial charge in [-0.25, -0.2) is 22.4 Å². The lowest BCUT2D eigenvalue weighted by atomic mass is 10.1. The third kappa shape index (κ3) is 5.76. The zero-order valence-electron chi connectivity index (χ0n) is 26.0. The van der Waals surface area contributed by atoms with E-state index in [-0.39, 0.29) is 22.8 Å². The molecule has 0 amide bonds. The van der Waals surface area contributed by atoms with Gasteiger partial charge in [-0.2, -0.15) is 5.10 Å². The van der Waals surface area contributed by atoms with E-state index in [9.17, 15) is 8.42 Å². The molecule has 5 aromatic rings. The lowest BCUT2D eigenvalue weighted by molar-refractivity contribution is -0.00521. The maximum atomic E-state index is 13.8. The highest BCUT2D eigenvalue weighted by molar-refractivity contribution is 7.90. The molecule has 3 aromatic heterocycles. The number of rotatable bonds is 7. The molecule has 234 valence electrons. The Morgan fingerprint density at radius 3 is 2.29 bits per heavy atom. The molecule has 0 unspecified atom stereocenters. The molecule has 0 spiro atoms. The Balaban J connectivity index is 1.27. The molecule has 0 bridgehead atoms. The number of fused-ring (bicyclic) bond motifs is 1. The molecular formula is C34H39N7O3S. The molecule has 5 heterocycles. The summed E-state index contributed by atoms with van der Waals surface area (Å²) in [4.78, 5) is 14.7. The van der Waals surface area contributed by atoms with E-state index in [0.717, 1.165) is 62.4 Å². The number of nitrogens with zero attached hydrogens (tertiary/aromatic N) is 7. The van der Waals surface area contributed by atoms with Crippen LogP contribution in [0.5, 0.6) is 0 Å². The van der Waals surface area contributed by atoms with Crippen molar-refractivity contribution < 1.29 is 13.2 Å². The van der Waals surface area contributed by atoms with Crippen LogP contribution >= 0.6 is 0 Å². The van der Waals surface area contributed by atoms with Gasteiger partial charge in [0, 0.05) is 61.0 Å². The molecule has 2 aromatic carbocycles. The number of piperidine rings is 1. The van der Waals surface area contributed by atoms with E-state index >= 15 is 0 Å². The van der Waals surface area contributed by atoms with Gasteiger partial charge in [0.15, 0.2) is 5.65 Å². The van der Waals surface area contributed by atoms with E-state index in [1.54, 1.807) is 42.7 Å². The highest BCUT2D eigenvalue weighted by atomic mass is 32.2. The number of likely N-dealkylation sites (tertiary alicyclic amines) is 1. The van der Waals surface area contributed by atoms with E-state index in [4.69, 9.17) is 19.8 Å². The predicted octanol–water partition coefficient (Wildman–Crippen LogP) is 5.47. The lowest BCUT2D eigenvalue weighted by Crippen LogP contribution is -2.45. The Kier molecular flexibility index (Phi) is 7.93. The van der Waals surface area contributed by atoms with Crippen LogP contribution in [0.25, 0.3) is 33.5 Å². The van der Waals surface area contributed by atoms with Crippen molar-refractivity contribution in [1.29, 1.82) is 0 Å². The van der Waals surface area contributed by atoms with Crippen molar-refractivity contribution in [3.8, 4) is 22.4 Å². The third-order valence-electron chi connectivity index (χ3n) is 9.00. The van der Waals surface area contributed by atoms with Gasteiger partial charge in [-0.15, -0.1) is 0 Å². The van der Waals surface area contributed by atoms with Crippen molar-refractivity contribution >= 4 is 26.9 Å². The minimum atomic E-state index is -3.91. The molecule has 2 fully saturated rings. The minimum Gasteiger partial charge on any atom is -0.372 e. The summed E-state index contributed by atoms with van der Waals surface area (Å²) in [5, 5.41) is 4.73. The number of anilines is 1. The second-order valence-electron chi connectivity index (χ2n) is 12.2. The quantitative estimate of drug-likeness (QED) is 0.235. The molecule has 11 heteroatoms. The molecule has 0 radical (unpaired) electrons. The summed E-state index contributed by atoms with van der Waals surface area (Å²) < 4.78 is 36.9. The largest absolute Gasteiger partial charge is 0.372 e.